The number of aromatic nitrogens is 3. The van der Waals surface area contributed by atoms with Gasteiger partial charge in [0.25, 0.3) is 11.5 Å². The van der Waals surface area contributed by atoms with Gasteiger partial charge in [-0.2, -0.15) is 0 Å². The van der Waals surface area contributed by atoms with E-state index in [0.29, 0.717) is 24.3 Å². The lowest BCUT2D eigenvalue weighted by molar-refractivity contribution is 0.0761. The molecule has 2 aromatic heterocycles. The highest BCUT2D eigenvalue weighted by Gasteiger charge is 2.21. The van der Waals surface area contributed by atoms with E-state index in [9.17, 15) is 14.0 Å². The predicted octanol–water partition coefficient (Wildman–Crippen LogP) is 1.27. The Hall–Kier alpha value is -3.00. The Balaban J connectivity index is 1.76. The first kappa shape index (κ1) is 17.4. The van der Waals surface area contributed by atoms with Gasteiger partial charge in [0.15, 0.2) is 0 Å². The van der Waals surface area contributed by atoms with Crippen LogP contribution in [0.3, 0.4) is 0 Å². The summed E-state index contributed by atoms with van der Waals surface area (Å²) in [7, 11) is 1.64. The maximum atomic E-state index is 13.2. The van der Waals surface area contributed by atoms with Gasteiger partial charge < -0.3 is 14.8 Å². The molecule has 1 amide bonds. The molecular weight excluding hydrogens is 349 g/mol. The lowest BCUT2D eigenvalue weighted by Gasteiger charge is -2.18. The third kappa shape index (κ3) is 3.23. The van der Waals surface area contributed by atoms with Gasteiger partial charge in [0, 0.05) is 39.1 Å². The van der Waals surface area contributed by atoms with E-state index in [4.69, 9.17) is 0 Å². The van der Waals surface area contributed by atoms with E-state index in [1.165, 1.54) is 16.7 Å². The summed E-state index contributed by atoms with van der Waals surface area (Å²) >= 11 is 0. The molecular formula is C19H20FN5O2. The van der Waals surface area contributed by atoms with Gasteiger partial charge in [-0.05, 0) is 42.8 Å². The van der Waals surface area contributed by atoms with Crippen LogP contribution in [0.5, 0.6) is 0 Å². The topological polar surface area (TPSA) is 71.6 Å². The highest BCUT2D eigenvalue weighted by Crippen LogP contribution is 2.19. The van der Waals surface area contributed by atoms with Crippen molar-refractivity contribution in [3.63, 3.8) is 0 Å². The smallest absolute Gasteiger partial charge is 0.294 e. The molecule has 1 N–H and O–H groups in total. The first-order chi connectivity index (χ1) is 13.0. The van der Waals surface area contributed by atoms with Crippen molar-refractivity contribution >= 4 is 11.6 Å². The van der Waals surface area contributed by atoms with Crippen molar-refractivity contribution in [2.45, 2.75) is 6.42 Å². The van der Waals surface area contributed by atoms with Crippen LogP contribution in [0, 0.1) is 5.82 Å². The van der Waals surface area contributed by atoms with Gasteiger partial charge in [-0.1, -0.05) is 0 Å². The summed E-state index contributed by atoms with van der Waals surface area (Å²) in [6, 6.07) is 5.92. The average Bonchev–Trinajstić information content (AvgIpc) is 2.91. The Morgan fingerprint density at radius 1 is 1.15 bits per heavy atom. The van der Waals surface area contributed by atoms with E-state index in [0.717, 1.165) is 19.5 Å². The van der Waals surface area contributed by atoms with E-state index >= 15 is 0 Å². The van der Waals surface area contributed by atoms with Crippen molar-refractivity contribution < 1.29 is 9.18 Å². The zero-order chi connectivity index (χ0) is 19.0. The number of nitrogens with one attached hydrogen (secondary N) is 1. The van der Waals surface area contributed by atoms with Crippen LogP contribution >= 0.6 is 0 Å². The van der Waals surface area contributed by atoms with E-state index in [2.05, 4.69) is 10.3 Å². The first-order valence-electron chi connectivity index (χ1n) is 8.89. The summed E-state index contributed by atoms with van der Waals surface area (Å²) in [6.45, 7) is 2.91. The van der Waals surface area contributed by atoms with E-state index in [1.807, 2.05) is 0 Å². The highest BCUT2D eigenvalue weighted by molar-refractivity contribution is 5.93. The molecule has 1 aliphatic rings. The Morgan fingerprint density at radius 3 is 2.70 bits per heavy atom. The van der Waals surface area contributed by atoms with Crippen molar-refractivity contribution in [3.05, 3.63) is 58.5 Å². The second-order valence-corrected chi connectivity index (χ2v) is 6.64. The summed E-state index contributed by atoms with van der Waals surface area (Å²) in [5, 5.41) is 3.26. The molecule has 0 atom stereocenters. The summed E-state index contributed by atoms with van der Waals surface area (Å²) < 4.78 is 16.2. The lowest BCUT2D eigenvalue weighted by Crippen LogP contribution is -2.34. The Morgan fingerprint density at radius 2 is 1.93 bits per heavy atom. The van der Waals surface area contributed by atoms with Crippen LogP contribution in [0.1, 0.15) is 16.9 Å². The van der Waals surface area contributed by atoms with Crippen LogP contribution in [0.15, 0.2) is 41.5 Å². The van der Waals surface area contributed by atoms with Crippen molar-refractivity contribution in [1.29, 1.82) is 0 Å². The Kier molecular flexibility index (Phi) is 4.49. The molecule has 0 saturated carbocycles. The van der Waals surface area contributed by atoms with Gasteiger partial charge in [-0.15, -0.1) is 0 Å². The number of carbonyl (C=O) groups is 1. The lowest BCUT2D eigenvalue weighted by atomic mass is 10.1. The standard InChI is InChI=1S/C19H20FN5O2/c1-23-16(13-3-5-14(20)6-4-13)12-25-11-15(22-17(25)19(23)27)18(26)24-9-2-7-21-8-10-24/h3-6,11-12,21H,2,7-10H2,1H3. The number of benzene rings is 1. The van der Waals surface area contributed by atoms with Crippen LogP contribution in [-0.2, 0) is 7.05 Å². The summed E-state index contributed by atoms with van der Waals surface area (Å²) in [6.07, 6.45) is 4.21. The first-order valence-corrected chi connectivity index (χ1v) is 8.89. The molecule has 0 radical (unpaired) electrons. The fraction of sp³-hybridized carbons (Fsp3) is 0.316. The Bertz CT molecular complexity index is 1050. The quantitative estimate of drug-likeness (QED) is 0.739. The van der Waals surface area contributed by atoms with Crippen LogP contribution in [0.4, 0.5) is 4.39 Å². The van der Waals surface area contributed by atoms with Gasteiger partial charge in [-0.25, -0.2) is 9.37 Å². The molecule has 3 heterocycles. The SMILES string of the molecule is Cn1c(-c2ccc(F)cc2)cn2cc(C(=O)N3CCCNCC3)nc2c1=O. The fourth-order valence-corrected chi connectivity index (χ4v) is 3.33. The molecule has 3 aromatic rings. The zero-order valence-electron chi connectivity index (χ0n) is 15.0. The summed E-state index contributed by atoms with van der Waals surface area (Å²) in [5.74, 6) is -0.514. The highest BCUT2D eigenvalue weighted by atomic mass is 19.1. The number of nitrogens with zero attached hydrogens (tertiary/aromatic N) is 4. The number of carbonyl (C=O) groups excluding carboxylic acids is 1. The van der Waals surface area contributed by atoms with Gasteiger partial charge in [-0.3, -0.25) is 14.0 Å². The predicted molar refractivity (Wildman–Crippen MR) is 99.2 cm³/mol. The normalized spacial score (nSPS) is 15.1. The van der Waals surface area contributed by atoms with E-state index in [-0.39, 0.29) is 28.6 Å². The van der Waals surface area contributed by atoms with Crippen LogP contribution < -0.4 is 10.9 Å². The molecule has 4 rings (SSSR count). The van der Waals surface area contributed by atoms with Crippen molar-refractivity contribution in [3.8, 4) is 11.3 Å². The van der Waals surface area contributed by atoms with E-state index in [1.54, 1.807) is 40.9 Å². The van der Waals surface area contributed by atoms with E-state index < -0.39 is 0 Å². The van der Waals surface area contributed by atoms with Gasteiger partial charge in [0.05, 0.1) is 5.69 Å². The third-order valence-electron chi connectivity index (χ3n) is 4.84. The summed E-state index contributed by atoms with van der Waals surface area (Å²) in [4.78, 5) is 31.6. The maximum Gasteiger partial charge on any atom is 0.294 e. The van der Waals surface area contributed by atoms with Crippen LogP contribution in [0.2, 0.25) is 0 Å². The van der Waals surface area contributed by atoms with Crippen molar-refractivity contribution in [2.24, 2.45) is 7.05 Å². The average molecular weight is 369 g/mol. The Labute approximate surface area is 155 Å². The minimum atomic E-state index is -0.340. The molecule has 1 aromatic carbocycles. The number of amides is 1. The molecule has 0 bridgehead atoms. The maximum absolute atomic E-state index is 13.2. The summed E-state index contributed by atoms with van der Waals surface area (Å²) in [5.41, 5.74) is 1.46. The molecule has 0 unspecified atom stereocenters. The van der Waals surface area contributed by atoms with Gasteiger partial charge >= 0.3 is 0 Å². The monoisotopic (exact) mass is 369 g/mol. The molecule has 1 fully saturated rings. The molecule has 1 saturated heterocycles. The molecule has 140 valence electrons. The molecule has 0 aliphatic carbocycles. The molecule has 0 spiro atoms. The minimum Gasteiger partial charge on any atom is -0.336 e. The van der Waals surface area contributed by atoms with Crippen molar-refractivity contribution in [1.82, 2.24) is 24.2 Å². The zero-order valence-corrected chi connectivity index (χ0v) is 15.0. The number of imidazole rings is 1. The molecule has 1 aliphatic heterocycles. The number of fused-ring (bicyclic) bond motifs is 1. The second kappa shape index (κ2) is 6.96. The largest absolute Gasteiger partial charge is 0.336 e. The molecule has 7 nitrogen and oxygen atoms in total. The second-order valence-electron chi connectivity index (χ2n) is 6.64. The van der Waals surface area contributed by atoms with Crippen LogP contribution in [-0.4, -0.2) is 50.9 Å². The van der Waals surface area contributed by atoms with Crippen LogP contribution in [0.25, 0.3) is 16.9 Å². The third-order valence-corrected chi connectivity index (χ3v) is 4.84. The number of hydrogen-bond acceptors (Lipinski definition) is 4. The molecule has 27 heavy (non-hydrogen) atoms. The fourth-order valence-electron chi connectivity index (χ4n) is 3.33. The minimum absolute atomic E-state index is 0.173. The number of rotatable bonds is 2. The number of halogens is 1. The molecule has 8 heteroatoms. The van der Waals surface area contributed by atoms with Crippen molar-refractivity contribution in [2.75, 3.05) is 26.2 Å². The van der Waals surface area contributed by atoms with Gasteiger partial charge in [0.1, 0.15) is 11.5 Å². The van der Waals surface area contributed by atoms with Gasteiger partial charge in [0.2, 0.25) is 5.65 Å². The number of hydrogen-bond donors (Lipinski definition) is 1.